The van der Waals surface area contributed by atoms with Crippen LogP contribution in [0.15, 0.2) is 77.6 Å². The molecular weight excluding hydrogens is 486 g/mol. The smallest absolute Gasteiger partial charge is 0.266 e. The number of nitrogens with zero attached hydrogens (tertiary/aromatic N) is 3. The summed E-state index contributed by atoms with van der Waals surface area (Å²) in [4.78, 5) is 34.3. The van der Waals surface area contributed by atoms with Gasteiger partial charge in [-0.15, -0.1) is 0 Å². The number of halogens is 1. The van der Waals surface area contributed by atoms with Crippen LogP contribution in [0.2, 0.25) is 5.02 Å². The second-order valence-corrected chi connectivity index (χ2v) is 9.50. The summed E-state index contributed by atoms with van der Waals surface area (Å²) >= 11 is 6.07. The minimum Gasteiger partial charge on any atom is -0.497 e. The first-order chi connectivity index (χ1) is 17.9. The van der Waals surface area contributed by atoms with Gasteiger partial charge in [0.1, 0.15) is 11.6 Å². The van der Waals surface area contributed by atoms with E-state index in [0.717, 1.165) is 25.7 Å². The SMILES string of the molecule is CCCCCCN(C(=O)c1ccc(Cl)cc1)C(C)c1nc2ccccc2c(=O)n1-c1ccc(OC)cc1. The normalized spacial score (nSPS) is 11.9. The molecular formula is C30H32ClN3O3. The molecule has 0 radical (unpaired) electrons. The Morgan fingerprint density at radius 3 is 2.38 bits per heavy atom. The number of aromatic nitrogens is 2. The Bertz CT molecular complexity index is 1420. The molecule has 1 unspecified atom stereocenters. The van der Waals surface area contributed by atoms with Gasteiger partial charge in [-0.2, -0.15) is 0 Å². The average Bonchev–Trinajstić information content (AvgIpc) is 2.93. The molecule has 3 aromatic carbocycles. The van der Waals surface area contributed by atoms with E-state index in [1.807, 2.05) is 54.3 Å². The first-order valence-corrected chi connectivity index (χ1v) is 13.0. The third kappa shape index (κ3) is 5.86. The maximum absolute atomic E-state index is 13.8. The van der Waals surface area contributed by atoms with Crippen LogP contribution >= 0.6 is 11.6 Å². The summed E-state index contributed by atoms with van der Waals surface area (Å²) in [6.45, 7) is 4.64. The van der Waals surface area contributed by atoms with Gasteiger partial charge in [-0.3, -0.25) is 14.2 Å². The lowest BCUT2D eigenvalue weighted by Gasteiger charge is -2.31. The van der Waals surface area contributed by atoms with E-state index in [9.17, 15) is 9.59 Å². The highest BCUT2D eigenvalue weighted by atomic mass is 35.5. The first-order valence-electron chi connectivity index (χ1n) is 12.7. The van der Waals surface area contributed by atoms with Crippen LogP contribution in [0, 0.1) is 0 Å². The average molecular weight is 518 g/mol. The second kappa shape index (κ2) is 12.1. The van der Waals surface area contributed by atoms with Gasteiger partial charge in [0.2, 0.25) is 0 Å². The lowest BCUT2D eigenvalue weighted by molar-refractivity contribution is 0.0677. The number of fused-ring (bicyclic) bond motifs is 1. The summed E-state index contributed by atoms with van der Waals surface area (Å²) in [5.41, 5.74) is 1.63. The number of para-hydroxylation sites is 1. The van der Waals surface area contributed by atoms with Gasteiger partial charge in [-0.25, -0.2) is 4.98 Å². The maximum Gasteiger partial charge on any atom is 0.266 e. The molecule has 6 nitrogen and oxygen atoms in total. The van der Waals surface area contributed by atoms with E-state index in [4.69, 9.17) is 21.3 Å². The first kappa shape index (κ1) is 26.4. The van der Waals surface area contributed by atoms with Gasteiger partial charge in [0, 0.05) is 17.1 Å². The van der Waals surface area contributed by atoms with E-state index in [1.165, 1.54) is 0 Å². The lowest BCUT2D eigenvalue weighted by atomic mass is 10.1. The molecule has 0 saturated carbocycles. The van der Waals surface area contributed by atoms with Crippen molar-refractivity contribution < 1.29 is 9.53 Å². The number of hydrogen-bond donors (Lipinski definition) is 0. The Labute approximate surface area is 222 Å². The zero-order chi connectivity index (χ0) is 26.4. The van der Waals surface area contributed by atoms with Crippen molar-refractivity contribution >= 4 is 28.4 Å². The van der Waals surface area contributed by atoms with Crippen molar-refractivity contribution in [1.29, 1.82) is 0 Å². The van der Waals surface area contributed by atoms with Crippen LogP contribution in [-0.2, 0) is 0 Å². The molecule has 1 atom stereocenters. The number of hydrogen-bond acceptors (Lipinski definition) is 4. The maximum atomic E-state index is 13.8. The zero-order valence-electron chi connectivity index (χ0n) is 21.5. The van der Waals surface area contributed by atoms with E-state index in [0.29, 0.717) is 45.3 Å². The Morgan fingerprint density at radius 2 is 1.70 bits per heavy atom. The highest BCUT2D eigenvalue weighted by Crippen LogP contribution is 2.26. The molecule has 0 N–H and O–H groups in total. The van der Waals surface area contributed by atoms with Crippen molar-refractivity contribution in [1.82, 2.24) is 14.5 Å². The number of ether oxygens (including phenoxy) is 1. The minimum absolute atomic E-state index is 0.121. The minimum atomic E-state index is -0.468. The van der Waals surface area contributed by atoms with Gasteiger partial charge in [0.15, 0.2) is 0 Å². The van der Waals surface area contributed by atoms with Gasteiger partial charge in [-0.1, -0.05) is 49.9 Å². The number of benzene rings is 3. The van der Waals surface area contributed by atoms with Gasteiger partial charge >= 0.3 is 0 Å². The molecule has 0 aliphatic rings. The number of amides is 1. The van der Waals surface area contributed by atoms with Crippen LogP contribution in [-0.4, -0.2) is 34.0 Å². The molecule has 4 aromatic rings. The summed E-state index contributed by atoms with van der Waals surface area (Å²) in [5, 5.41) is 1.09. The molecule has 192 valence electrons. The number of methoxy groups -OCH3 is 1. The molecule has 1 aromatic heterocycles. The van der Waals surface area contributed by atoms with Crippen LogP contribution in [0.4, 0.5) is 0 Å². The molecule has 0 saturated heterocycles. The van der Waals surface area contributed by atoms with Crippen molar-refractivity contribution in [2.75, 3.05) is 13.7 Å². The van der Waals surface area contributed by atoms with Gasteiger partial charge in [0.25, 0.3) is 11.5 Å². The number of rotatable bonds is 10. The lowest BCUT2D eigenvalue weighted by Crippen LogP contribution is -2.38. The molecule has 0 spiro atoms. The van der Waals surface area contributed by atoms with Gasteiger partial charge < -0.3 is 9.64 Å². The second-order valence-electron chi connectivity index (χ2n) is 9.07. The predicted molar refractivity (Wildman–Crippen MR) is 149 cm³/mol. The monoisotopic (exact) mass is 517 g/mol. The molecule has 1 heterocycles. The van der Waals surface area contributed by atoms with Gasteiger partial charge in [0.05, 0.1) is 29.7 Å². The van der Waals surface area contributed by atoms with Crippen LogP contribution in [0.3, 0.4) is 0 Å². The van der Waals surface area contributed by atoms with Crippen molar-refractivity contribution in [3.05, 3.63) is 99.6 Å². The fourth-order valence-electron chi connectivity index (χ4n) is 4.49. The predicted octanol–water partition coefficient (Wildman–Crippen LogP) is 6.83. The van der Waals surface area contributed by atoms with E-state index in [-0.39, 0.29) is 11.5 Å². The fourth-order valence-corrected chi connectivity index (χ4v) is 4.61. The van der Waals surface area contributed by atoms with Crippen molar-refractivity contribution in [3.63, 3.8) is 0 Å². The number of unbranched alkanes of at least 4 members (excludes halogenated alkanes) is 3. The van der Waals surface area contributed by atoms with Crippen molar-refractivity contribution in [2.45, 2.75) is 45.6 Å². The largest absolute Gasteiger partial charge is 0.497 e. The molecule has 4 rings (SSSR count). The third-order valence-electron chi connectivity index (χ3n) is 6.58. The summed E-state index contributed by atoms with van der Waals surface area (Å²) < 4.78 is 6.92. The van der Waals surface area contributed by atoms with E-state index >= 15 is 0 Å². The molecule has 0 aliphatic heterocycles. The van der Waals surface area contributed by atoms with Crippen molar-refractivity contribution in [3.8, 4) is 11.4 Å². The molecule has 0 bridgehead atoms. The van der Waals surface area contributed by atoms with E-state index in [2.05, 4.69) is 6.92 Å². The molecule has 1 amide bonds. The Balaban J connectivity index is 1.84. The zero-order valence-corrected chi connectivity index (χ0v) is 22.2. The molecule has 0 aliphatic carbocycles. The highest BCUT2D eigenvalue weighted by molar-refractivity contribution is 6.30. The van der Waals surface area contributed by atoms with Crippen LogP contribution in [0.25, 0.3) is 16.6 Å². The summed E-state index contributed by atoms with van der Waals surface area (Å²) in [6.07, 6.45) is 4.08. The summed E-state index contributed by atoms with van der Waals surface area (Å²) in [5.74, 6) is 1.08. The molecule has 37 heavy (non-hydrogen) atoms. The standard InChI is InChI=1S/C30H32ClN3O3/c1-4-5-6-9-20-33(29(35)22-12-14-23(31)15-13-22)21(2)28-32-27-11-8-7-10-26(27)30(36)34(28)24-16-18-25(37-3)19-17-24/h7-8,10-19,21H,4-6,9,20H2,1-3H3. The molecule has 7 heteroatoms. The van der Waals surface area contributed by atoms with E-state index < -0.39 is 6.04 Å². The fraction of sp³-hybridized carbons (Fsp3) is 0.300. The summed E-state index contributed by atoms with van der Waals surface area (Å²) in [6, 6.07) is 21.0. The van der Waals surface area contributed by atoms with Gasteiger partial charge in [-0.05, 0) is 74.0 Å². The Hall–Kier alpha value is -3.64. The van der Waals surface area contributed by atoms with E-state index in [1.54, 1.807) is 42.0 Å². The summed E-state index contributed by atoms with van der Waals surface area (Å²) in [7, 11) is 1.60. The van der Waals surface area contributed by atoms with Crippen LogP contribution < -0.4 is 10.3 Å². The van der Waals surface area contributed by atoms with Crippen LogP contribution in [0.5, 0.6) is 5.75 Å². The molecule has 0 fully saturated rings. The number of carbonyl (C=O) groups excluding carboxylic acids is 1. The Kier molecular flexibility index (Phi) is 8.62. The third-order valence-corrected chi connectivity index (χ3v) is 6.83. The topological polar surface area (TPSA) is 64.4 Å². The quantitative estimate of drug-likeness (QED) is 0.216. The number of carbonyl (C=O) groups is 1. The Morgan fingerprint density at radius 1 is 1.00 bits per heavy atom. The van der Waals surface area contributed by atoms with Crippen molar-refractivity contribution in [2.24, 2.45) is 0 Å². The van der Waals surface area contributed by atoms with Crippen LogP contribution in [0.1, 0.15) is 61.8 Å². The highest BCUT2D eigenvalue weighted by Gasteiger charge is 2.27.